The Morgan fingerprint density at radius 1 is 1.30 bits per heavy atom. The van der Waals surface area contributed by atoms with E-state index in [0.29, 0.717) is 40.9 Å². The summed E-state index contributed by atoms with van der Waals surface area (Å²) in [5.74, 6) is 1.23. The number of amides is 1. The first-order chi connectivity index (χ1) is 14.4. The maximum atomic E-state index is 13.0. The minimum absolute atomic E-state index is 0.0943. The molecule has 0 aliphatic heterocycles. The van der Waals surface area contributed by atoms with Crippen LogP contribution < -0.4 is 15.6 Å². The zero-order chi connectivity index (χ0) is 21.7. The molecule has 8 heteroatoms. The third-order valence-electron chi connectivity index (χ3n) is 4.55. The molecule has 0 unspecified atom stereocenters. The summed E-state index contributed by atoms with van der Waals surface area (Å²) in [6.07, 6.45) is 0.860. The predicted molar refractivity (Wildman–Crippen MR) is 122 cm³/mol. The maximum absolute atomic E-state index is 13.0. The monoisotopic (exact) mass is 428 g/mol. The predicted octanol–water partition coefficient (Wildman–Crippen LogP) is 4.21. The number of aromatic amines is 1. The smallest absolute Gasteiger partial charge is 0.278 e. The number of ether oxygens (including phenoxy) is 1. The molecule has 0 saturated heterocycles. The second kappa shape index (κ2) is 9.84. The van der Waals surface area contributed by atoms with Crippen LogP contribution in [0, 0.1) is 12.8 Å². The highest BCUT2D eigenvalue weighted by atomic mass is 32.2. The Kier molecular flexibility index (Phi) is 7.20. The number of nitrogens with one attached hydrogen (secondary N) is 2. The number of anilines is 1. The van der Waals surface area contributed by atoms with Crippen LogP contribution in [0.15, 0.2) is 40.3 Å². The summed E-state index contributed by atoms with van der Waals surface area (Å²) in [6, 6.07) is 9.10. The molecule has 160 valence electrons. The Balaban J connectivity index is 1.74. The zero-order valence-electron chi connectivity index (χ0n) is 17.8. The fourth-order valence-corrected chi connectivity index (χ4v) is 3.86. The lowest BCUT2D eigenvalue weighted by atomic mass is 10.1. The molecule has 0 aliphatic rings. The third kappa shape index (κ3) is 5.44. The van der Waals surface area contributed by atoms with Crippen LogP contribution in [0.1, 0.15) is 32.9 Å². The van der Waals surface area contributed by atoms with Crippen molar-refractivity contribution in [2.45, 2.75) is 45.8 Å². The van der Waals surface area contributed by atoms with Crippen LogP contribution in [0.2, 0.25) is 0 Å². The van der Waals surface area contributed by atoms with Gasteiger partial charge in [-0.3, -0.25) is 14.2 Å². The molecule has 2 aromatic heterocycles. The number of hydrogen-bond donors (Lipinski definition) is 2. The highest BCUT2D eigenvalue weighted by Crippen LogP contribution is 2.21. The molecule has 0 radical (unpaired) electrons. The van der Waals surface area contributed by atoms with E-state index in [4.69, 9.17) is 4.74 Å². The van der Waals surface area contributed by atoms with Gasteiger partial charge in [-0.1, -0.05) is 25.6 Å². The Hall–Kier alpha value is -2.74. The topological polar surface area (TPSA) is 89.0 Å². The van der Waals surface area contributed by atoms with Crippen molar-refractivity contribution < 1.29 is 9.53 Å². The molecule has 3 rings (SSSR count). The summed E-state index contributed by atoms with van der Waals surface area (Å²) in [6.45, 7) is 9.23. The van der Waals surface area contributed by atoms with Crippen molar-refractivity contribution in [3.63, 3.8) is 0 Å². The summed E-state index contributed by atoms with van der Waals surface area (Å²) in [5.41, 5.74) is 2.64. The number of H-pyrrole nitrogens is 1. The SMILES string of the molecule is CCOc1ccc(NC(=O)CSc2nc3cc(C)[nH]c3c(=O)n2CCC(C)C)cc1. The summed E-state index contributed by atoms with van der Waals surface area (Å²) < 4.78 is 7.09. The normalized spacial score (nSPS) is 11.2. The quantitative estimate of drug-likeness (QED) is 0.394. The van der Waals surface area contributed by atoms with E-state index in [9.17, 15) is 9.59 Å². The van der Waals surface area contributed by atoms with E-state index in [-0.39, 0.29) is 17.2 Å². The first kappa shape index (κ1) is 22.0. The van der Waals surface area contributed by atoms with Crippen molar-refractivity contribution in [1.82, 2.24) is 14.5 Å². The molecule has 0 fully saturated rings. The van der Waals surface area contributed by atoms with Gasteiger partial charge < -0.3 is 15.0 Å². The van der Waals surface area contributed by atoms with Crippen molar-refractivity contribution in [2.24, 2.45) is 5.92 Å². The summed E-state index contributed by atoms with van der Waals surface area (Å²) >= 11 is 1.28. The van der Waals surface area contributed by atoms with E-state index >= 15 is 0 Å². The molecule has 2 heterocycles. The first-order valence-electron chi connectivity index (χ1n) is 10.1. The molecule has 0 aliphatic carbocycles. The molecule has 3 aromatic rings. The molecule has 30 heavy (non-hydrogen) atoms. The van der Waals surface area contributed by atoms with Gasteiger partial charge in [0.2, 0.25) is 5.91 Å². The highest BCUT2D eigenvalue weighted by Gasteiger charge is 2.15. The van der Waals surface area contributed by atoms with Gasteiger partial charge in [0.05, 0.1) is 17.9 Å². The minimum atomic E-state index is -0.154. The van der Waals surface area contributed by atoms with Crippen LogP contribution >= 0.6 is 11.8 Å². The first-order valence-corrected chi connectivity index (χ1v) is 11.1. The Morgan fingerprint density at radius 3 is 2.70 bits per heavy atom. The van der Waals surface area contributed by atoms with Crippen molar-refractivity contribution in [2.75, 3.05) is 17.7 Å². The fraction of sp³-hybridized carbons (Fsp3) is 0.409. The number of rotatable bonds is 9. The van der Waals surface area contributed by atoms with Gasteiger partial charge >= 0.3 is 0 Å². The van der Waals surface area contributed by atoms with Gasteiger partial charge in [0.1, 0.15) is 11.3 Å². The average molecular weight is 429 g/mol. The second-order valence-electron chi connectivity index (χ2n) is 7.54. The van der Waals surface area contributed by atoms with Gasteiger partial charge in [-0.05, 0) is 56.5 Å². The maximum Gasteiger partial charge on any atom is 0.278 e. The van der Waals surface area contributed by atoms with Crippen LogP contribution in [0.3, 0.4) is 0 Å². The van der Waals surface area contributed by atoms with E-state index in [0.717, 1.165) is 17.9 Å². The Morgan fingerprint density at radius 2 is 2.03 bits per heavy atom. The number of carbonyl (C=O) groups excluding carboxylic acids is 1. The van der Waals surface area contributed by atoms with Crippen molar-refractivity contribution >= 4 is 34.4 Å². The molecule has 0 saturated carbocycles. The molecule has 0 bridgehead atoms. The Bertz CT molecular complexity index is 1070. The lowest BCUT2D eigenvalue weighted by Gasteiger charge is -2.13. The van der Waals surface area contributed by atoms with Crippen molar-refractivity contribution in [1.29, 1.82) is 0 Å². The fourth-order valence-electron chi connectivity index (χ4n) is 3.03. The van der Waals surface area contributed by atoms with Gasteiger partial charge in [0.15, 0.2) is 5.16 Å². The van der Waals surface area contributed by atoms with E-state index in [1.807, 2.05) is 32.0 Å². The third-order valence-corrected chi connectivity index (χ3v) is 5.53. The number of benzene rings is 1. The molecule has 1 aromatic carbocycles. The average Bonchev–Trinajstić information content (AvgIpc) is 3.08. The van der Waals surface area contributed by atoms with Gasteiger partial charge in [-0.15, -0.1) is 0 Å². The lowest BCUT2D eigenvalue weighted by molar-refractivity contribution is -0.113. The van der Waals surface area contributed by atoms with E-state index < -0.39 is 0 Å². The highest BCUT2D eigenvalue weighted by molar-refractivity contribution is 7.99. The molecular weight excluding hydrogens is 400 g/mol. The lowest BCUT2D eigenvalue weighted by Crippen LogP contribution is -2.25. The van der Waals surface area contributed by atoms with E-state index in [1.165, 1.54) is 11.8 Å². The number of carbonyl (C=O) groups is 1. The van der Waals surface area contributed by atoms with Crippen LogP contribution in [0.4, 0.5) is 5.69 Å². The van der Waals surface area contributed by atoms with Gasteiger partial charge in [0, 0.05) is 17.9 Å². The molecule has 7 nitrogen and oxygen atoms in total. The number of thioether (sulfide) groups is 1. The van der Waals surface area contributed by atoms with Crippen LogP contribution in [-0.4, -0.2) is 32.8 Å². The zero-order valence-corrected chi connectivity index (χ0v) is 18.6. The summed E-state index contributed by atoms with van der Waals surface area (Å²) in [4.78, 5) is 33.1. The number of nitrogens with zero attached hydrogens (tertiary/aromatic N) is 2. The van der Waals surface area contributed by atoms with Gasteiger partial charge in [0.25, 0.3) is 5.56 Å². The minimum Gasteiger partial charge on any atom is -0.494 e. The number of aryl methyl sites for hydroxylation is 1. The van der Waals surface area contributed by atoms with Crippen molar-refractivity contribution in [3.8, 4) is 5.75 Å². The molecule has 2 N–H and O–H groups in total. The standard InChI is InChI=1S/C22H28N4O3S/c1-5-29-17-8-6-16(7-9-17)24-19(27)13-30-22-25-18-12-15(4)23-20(18)21(28)26(22)11-10-14(2)3/h6-9,12,14,23H,5,10-11,13H2,1-4H3,(H,24,27). The number of hydrogen-bond acceptors (Lipinski definition) is 5. The summed E-state index contributed by atoms with van der Waals surface area (Å²) in [5, 5.41) is 3.43. The van der Waals surface area contributed by atoms with Gasteiger partial charge in [-0.25, -0.2) is 4.98 Å². The van der Waals surface area contributed by atoms with E-state index in [2.05, 4.69) is 29.1 Å². The molecule has 0 atom stereocenters. The van der Waals surface area contributed by atoms with Gasteiger partial charge in [-0.2, -0.15) is 0 Å². The second-order valence-corrected chi connectivity index (χ2v) is 8.48. The molecule has 0 spiro atoms. The largest absolute Gasteiger partial charge is 0.494 e. The number of aromatic nitrogens is 3. The molecule has 1 amide bonds. The Labute approximate surface area is 180 Å². The molecular formula is C22H28N4O3S. The van der Waals surface area contributed by atoms with Crippen molar-refractivity contribution in [3.05, 3.63) is 46.4 Å². The van der Waals surface area contributed by atoms with Crippen LogP contribution in [0.25, 0.3) is 11.0 Å². The summed E-state index contributed by atoms with van der Waals surface area (Å²) in [7, 11) is 0. The van der Waals surface area contributed by atoms with E-state index in [1.54, 1.807) is 16.7 Å². The van der Waals surface area contributed by atoms with Crippen LogP contribution in [-0.2, 0) is 11.3 Å². The van der Waals surface area contributed by atoms with Crippen LogP contribution in [0.5, 0.6) is 5.75 Å². The number of fused-ring (bicyclic) bond motifs is 1.